The highest BCUT2D eigenvalue weighted by atomic mass is 15.1. The Hall–Kier alpha value is -0.460. The van der Waals surface area contributed by atoms with Gasteiger partial charge < -0.3 is 4.90 Å². The average Bonchev–Trinajstić information content (AvgIpc) is 2.84. The van der Waals surface area contributed by atoms with Gasteiger partial charge in [0.05, 0.1) is 0 Å². The lowest BCUT2D eigenvalue weighted by Gasteiger charge is -2.60. The molecule has 0 spiro atoms. The SMILES string of the molecule is CCC[C@H]1C[C@H]2[C@@H]3CCC4N(C)C=CC[C@]4(C)[C@H]3CC[C@]2(C)C1. The van der Waals surface area contributed by atoms with Crippen LogP contribution < -0.4 is 0 Å². The Morgan fingerprint density at radius 1 is 1.13 bits per heavy atom. The van der Waals surface area contributed by atoms with Crippen LogP contribution in [0.15, 0.2) is 12.3 Å². The topological polar surface area (TPSA) is 3.24 Å². The molecule has 3 fully saturated rings. The predicted octanol–water partition coefficient (Wildman–Crippen LogP) is 5.86. The molecule has 0 aromatic heterocycles. The molecule has 0 amide bonds. The van der Waals surface area contributed by atoms with E-state index in [4.69, 9.17) is 0 Å². The smallest absolute Gasteiger partial charge is 0.0340 e. The van der Waals surface area contributed by atoms with E-state index in [9.17, 15) is 0 Å². The molecule has 0 saturated heterocycles. The molecule has 4 rings (SSSR count). The van der Waals surface area contributed by atoms with Gasteiger partial charge in [0.2, 0.25) is 0 Å². The lowest BCUT2D eigenvalue weighted by molar-refractivity contribution is -0.0927. The third kappa shape index (κ3) is 2.32. The largest absolute Gasteiger partial charge is 0.377 e. The van der Waals surface area contributed by atoms with E-state index < -0.39 is 0 Å². The van der Waals surface area contributed by atoms with Crippen LogP contribution in [-0.2, 0) is 0 Å². The summed E-state index contributed by atoms with van der Waals surface area (Å²) in [6.45, 7) is 7.67. The molecule has 1 nitrogen and oxygen atoms in total. The first-order valence-corrected chi connectivity index (χ1v) is 10.4. The molecule has 0 N–H and O–H groups in total. The van der Waals surface area contributed by atoms with Gasteiger partial charge in [-0.2, -0.15) is 0 Å². The zero-order chi connectivity index (χ0) is 16.2. The van der Waals surface area contributed by atoms with Crippen LogP contribution in [0, 0.1) is 34.5 Å². The molecule has 3 saturated carbocycles. The van der Waals surface area contributed by atoms with E-state index in [1.54, 1.807) is 6.42 Å². The van der Waals surface area contributed by atoms with Gasteiger partial charge in [-0.05, 0) is 85.6 Å². The minimum Gasteiger partial charge on any atom is -0.377 e. The first kappa shape index (κ1) is 16.0. The van der Waals surface area contributed by atoms with Crippen LogP contribution in [-0.4, -0.2) is 18.0 Å². The molecule has 130 valence electrons. The van der Waals surface area contributed by atoms with Crippen molar-refractivity contribution < 1.29 is 0 Å². The van der Waals surface area contributed by atoms with Crippen molar-refractivity contribution in [3.63, 3.8) is 0 Å². The van der Waals surface area contributed by atoms with Gasteiger partial charge in [-0.25, -0.2) is 0 Å². The van der Waals surface area contributed by atoms with Crippen molar-refractivity contribution in [2.45, 2.75) is 84.6 Å². The van der Waals surface area contributed by atoms with Gasteiger partial charge in [0, 0.05) is 13.1 Å². The van der Waals surface area contributed by atoms with Crippen LogP contribution in [0.4, 0.5) is 0 Å². The Morgan fingerprint density at radius 2 is 1.96 bits per heavy atom. The third-order valence-corrected chi connectivity index (χ3v) is 8.77. The summed E-state index contributed by atoms with van der Waals surface area (Å²) in [7, 11) is 2.32. The first-order chi connectivity index (χ1) is 11.0. The van der Waals surface area contributed by atoms with E-state index in [-0.39, 0.29) is 0 Å². The quantitative estimate of drug-likeness (QED) is 0.616. The highest BCUT2D eigenvalue weighted by Gasteiger charge is 2.58. The van der Waals surface area contributed by atoms with E-state index in [2.05, 4.69) is 45.0 Å². The lowest BCUT2D eigenvalue weighted by Crippen LogP contribution is -2.57. The molecule has 1 heteroatoms. The molecule has 1 heterocycles. The van der Waals surface area contributed by atoms with Crippen molar-refractivity contribution in [2.24, 2.45) is 34.5 Å². The van der Waals surface area contributed by atoms with Crippen LogP contribution in [0.2, 0.25) is 0 Å². The molecule has 23 heavy (non-hydrogen) atoms. The van der Waals surface area contributed by atoms with Crippen molar-refractivity contribution in [1.82, 2.24) is 4.90 Å². The van der Waals surface area contributed by atoms with Crippen LogP contribution in [0.1, 0.15) is 78.6 Å². The van der Waals surface area contributed by atoms with Gasteiger partial charge in [-0.3, -0.25) is 0 Å². The summed E-state index contributed by atoms with van der Waals surface area (Å²) in [5.41, 5.74) is 1.22. The summed E-state index contributed by atoms with van der Waals surface area (Å²) in [6, 6.07) is 0.797. The molecule has 3 aliphatic carbocycles. The molecular weight excluding hydrogens is 278 g/mol. The number of hydrogen-bond donors (Lipinski definition) is 0. The van der Waals surface area contributed by atoms with Gasteiger partial charge in [-0.1, -0.05) is 39.7 Å². The molecule has 4 aliphatic rings. The zero-order valence-corrected chi connectivity index (χ0v) is 15.9. The van der Waals surface area contributed by atoms with E-state index >= 15 is 0 Å². The number of nitrogens with zero attached hydrogens (tertiary/aromatic N) is 1. The maximum atomic E-state index is 2.66. The van der Waals surface area contributed by atoms with Crippen molar-refractivity contribution >= 4 is 0 Å². The molecule has 0 aromatic rings. The first-order valence-electron chi connectivity index (χ1n) is 10.4. The maximum absolute atomic E-state index is 2.66. The third-order valence-electron chi connectivity index (χ3n) is 8.77. The molecule has 0 bridgehead atoms. The summed E-state index contributed by atoms with van der Waals surface area (Å²) in [5, 5.41) is 0. The fourth-order valence-corrected chi connectivity index (χ4v) is 7.81. The van der Waals surface area contributed by atoms with Gasteiger partial charge >= 0.3 is 0 Å². The van der Waals surface area contributed by atoms with Crippen LogP contribution in [0.5, 0.6) is 0 Å². The van der Waals surface area contributed by atoms with Crippen LogP contribution in [0.3, 0.4) is 0 Å². The van der Waals surface area contributed by atoms with Crippen molar-refractivity contribution in [3.05, 3.63) is 12.3 Å². The Kier molecular flexibility index (Phi) is 3.85. The minimum absolute atomic E-state index is 0.538. The second-order valence-corrected chi connectivity index (χ2v) is 10.0. The molecule has 0 radical (unpaired) electrons. The van der Waals surface area contributed by atoms with Crippen molar-refractivity contribution in [2.75, 3.05) is 7.05 Å². The monoisotopic (exact) mass is 315 g/mol. The van der Waals surface area contributed by atoms with Gasteiger partial charge in [-0.15, -0.1) is 0 Å². The highest BCUT2D eigenvalue weighted by Crippen LogP contribution is 2.65. The highest BCUT2D eigenvalue weighted by molar-refractivity contribution is 5.13. The van der Waals surface area contributed by atoms with Gasteiger partial charge in [0.1, 0.15) is 0 Å². The normalized spacial score (nSPS) is 52.0. The second-order valence-electron chi connectivity index (χ2n) is 10.0. The van der Waals surface area contributed by atoms with Crippen molar-refractivity contribution in [1.29, 1.82) is 0 Å². The summed E-state index contributed by atoms with van der Waals surface area (Å²) in [4.78, 5) is 2.54. The summed E-state index contributed by atoms with van der Waals surface area (Å²) in [6.07, 6.45) is 18.0. The van der Waals surface area contributed by atoms with Crippen LogP contribution >= 0.6 is 0 Å². The van der Waals surface area contributed by atoms with Crippen LogP contribution in [0.25, 0.3) is 0 Å². The van der Waals surface area contributed by atoms with Crippen molar-refractivity contribution in [3.8, 4) is 0 Å². The van der Waals surface area contributed by atoms with E-state index in [0.717, 1.165) is 29.7 Å². The Balaban J connectivity index is 1.60. The minimum atomic E-state index is 0.538. The molecule has 1 unspecified atom stereocenters. The fourth-order valence-electron chi connectivity index (χ4n) is 7.81. The average molecular weight is 316 g/mol. The molecule has 1 aliphatic heterocycles. The fraction of sp³-hybridized carbons (Fsp3) is 0.909. The molecular formula is C22H37N. The maximum Gasteiger partial charge on any atom is 0.0340 e. The summed E-state index contributed by atoms with van der Waals surface area (Å²) < 4.78 is 0. The summed E-state index contributed by atoms with van der Waals surface area (Å²) >= 11 is 0. The van der Waals surface area contributed by atoms with Gasteiger partial charge in [0.15, 0.2) is 0 Å². The standard InChI is InChI=1S/C22H37N/c1-5-7-16-14-19-17-8-9-20-22(3,11-6-13-23(20)4)18(17)10-12-21(19,2)15-16/h6,13,16-20H,5,7-12,14-15H2,1-4H3/t16-,17+,18-,19-,20?,21+,22+/m0/s1. The Bertz CT molecular complexity index is 482. The van der Waals surface area contributed by atoms with E-state index in [1.807, 2.05) is 0 Å². The molecule has 0 aromatic carbocycles. The molecule has 7 atom stereocenters. The number of rotatable bonds is 2. The zero-order valence-electron chi connectivity index (χ0n) is 15.9. The van der Waals surface area contributed by atoms with E-state index in [1.165, 1.54) is 51.4 Å². The number of fused-ring (bicyclic) bond motifs is 5. The number of hydrogen-bond acceptors (Lipinski definition) is 1. The van der Waals surface area contributed by atoms with Gasteiger partial charge in [0.25, 0.3) is 0 Å². The lowest BCUT2D eigenvalue weighted by atomic mass is 9.48. The second kappa shape index (κ2) is 5.53. The summed E-state index contributed by atoms with van der Waals surface area (Å²) in [5.74, 6) is 4.07. The number of allylic oxidation sites excluding steroid dienone is 1. The predicted molar refractivity (Wildman–Crippen MR) is 98.1 cm³/mol. The van der Waals surface area contributed by atoms with E-state index in [0.29, 0.717) is 10.8 Å². The Morgan fingerprint density at radius 3 is 2.74 bits per heavy atom. The Labute approximate surface area is 143 Å².